The van der Waals surface area contributed by atoms with Crippen molar-refractivity contribution < 1.29 is 28.4 Å². The Morgan fingerprint density at radius 1 is 0.194 bits per heavy atom. The monoisotopic (exact) mass is 945 g/mol. The van der Waals surface area contributed by atoms with Crippen LogP contribution in [-0.4, -0.2) is 21.3 Å². The Labute approximate surface area is 420 Å². The zero-order chi connectivity index (χ0) is 49.1. The molecule has 0 aromatic heterocycles. The zero-order valence-corrected chi connectivity index (χ0v) is 40.0. The van der Waals surface area contributed by atoms with Gasteiger partial charge in [0.2, 0.25) is 0 Å². The minimum absolute atomic E-state index is 0.713. The van der Waals surface area contributed by atoms with Crippen molar-refractivity contribution in [2.45, 2.75) is 0 Å². The summed E-state index contributed by atoms with van der Waals surface area (Å²) in [7, 11) is 5.03. The molecule has 0 fully saturated rings. The predicted molar refractivity (Wildman–Crippen MR) is 290 cm³/mol. The van der Waals surface area contributed by atoms with Crippen LogP contribution in [0, 0.1) is 0 Å². The van der Waals surface area contributed by atoms with Crippen molar-refractivity contribution in [2.24, 2.45) is 0 Å². The highest BCUT2D eigenvalue weighted by molar-refractivity contribution is 5.89. The topological polar surface area (TPSA) is 65.1 Å². The summed E-state index contributed by atoms with van der Waals surface area (Å²) >= 11 is 0. The van der Waals surface area contributed by atoms with Crippen molar-refractivity contribution in [3.05, 3.63) is 255 Å². The van der Waals surface area contributed by atoms with E-state index in [0.717, 1.165) is 85.7 Å². The Balaban J connectivity index is 1.18. The van der Waals surface area contributed by atoms with Crippen LogP contribution in [0.1, 0.15) is 0 Å². The average molecular weight is 946 g/mol. The van der Waals surface area contributed by atoms with Crippen LogP contribution in [0.15, 0.2) is 255 Å². The minimum atomic E-state index is 0.713. The van der Waals surface area contributed by atoms with E-state index < -0.39 is 0 Å². The lowest BCUT2D eigenvalue weighted by Gasteiger charge is -2.33. The number of para-hydroxylation sites is 3. The van der Waals surface area contributed by atoms with Crippen molar-refractivity contribution in [1.29, 1.82) is 0 Å². The summed E-state index contributed by atoms with van der Waals surface area (Å²) in [5.41, 5.74) is 8.05. The van der Waals surface area contributed by atoms with Crippen molar-refractivity contribution in [1.82, 2.24) is 0 Å². The summed E-state index contributed by atoms with van der Waals surface area (Å²) in [5.74, 6) is 6.64. The van der Waals surface area contributed by atoms with Crippen LogP contribution in [0.4, 0.5) is 51.2 Å². The molecule has 0 amide bonds. The molecule has 0 saturated carbocycles. The predicted octanol–water partition coefficient (Wildman–Crippen LogP) is 17.5. The van der Waals surface area contributed by atoms with E-state index >= 15 is 0 Å². The maximum absolute atomic E-state index is 6.28. The summed E-state index contributed by atoms with van der Waals surface area (Å²) in [4.78, 5) is 6.72. The quantitative estimate of drug-likeness (QED) is 0.0837. The lowest BCUT2D eigenvalue weighted by Crippen LogP contribution is -2.16. The van der Waals surface area contributed by atoms with Gasteiger partial charge in [-0.05, 0) is 200 Å². The van der Waals surface area contributed by atoms with Crippen LogP contribution in [-0.2, 0) is 0 Å². The third kappa shape index (κ3) is 10.8. The number of rotatable bonds is 18. The maximum Gasteiger partial charge on any atom is 0.127 e. The first-order valence-corrected chi connectivity index (χ1v) is 23.5. The van der Waals surface area contributed by atoms with Gasteiger partial charge in [-0.3, -0.25) is 0 Å². The standard InChI is InChI=1S/C63H51N3O6/c1-67-55-31-19-46(20-32-55)64(49-25-37-61(38-26-49)70-58-13-7-4-8-14-58)52-43-53(65(47-21-33-56(68-2)34-22-47)50-27-39-62(40-28-50)71-59-15-9-5-10-16-59)45-54(44-52)66(48-23-35-57(69-3)36-24-48)51-29-41-63(42-30-51)72-60-17-11-6-12-18-60/h4-45H,1-3H3. The van der Waals surface area contributed by atoms with Gasteiger partial charge in [-0.1, -0.05) is 54.6 Å². The molecule has 0 aliphatic carbocycles. The van der Waals surface area contributed by atoms with E-state index in [1.807, 2.05) is 164 Å². The molecule has 9 heteroatoms. The fourth-order valence-electron chi connectivity index (χ4n) is 8.37. The summed E-state index contributed by atoms with van der Waals surface area (Å²) in [6.07, 6.45) is 0. The first kappa shape index (κ1) is 46.1. The van der Waals surface area contributed by atoms with Crippen LogP contribution < -0.4 is 43.1 Å². The first-order valence-electron chi connectivity index (χ1n) is 23.5. The summed E-state index contributed by atoms with van der Waals surface area (Å²) in [5, 5.41) is 0. The molecule has 10 aromatic carbocycles. The van der Waals surface area contributed by atoms with Gasteiger partial charge < -0.3 is 43.1 Å². The second-order valence-electron chi connectivity index (χ2n) is 16.5. The summed E-state index contributed by atoms with van der Waals surface area (Å²) < 4.78 is 35.8. The van der Waals surface area contributed by atoms with Gasteiger partial charge >= 0.3 is 0 Å². The third-order valence-electron chi connectivity index (χ3n) is 11.9. The molecule has 0 aliphatic rings. The fourth-order valence-corrected chi connectivity index (χ4v) is 8.37. The van der Waals surface area contributed by atoms with Gasteiger partial charge in [0.25, 0.3) is 0 Å². The molecule has 10 aromatic rings. The highest BCUT2D eigenvalue weighted by Gasteiger charge is 2.23. The van der Waals surface area contributed by atoms with Crippen molar-refractivity contribution in [2.75, 3.05) is 36.0 Å². The largest absolute Gasteiger partial charge is 0.497 e. The Morgan fingerprint density at radius 3 is 0.569 bits per heavy atom. The average Bonchev–Trinajstić information content (AvgIpc) is 3.44. The number of hydrogen-bond acceptors (Lipinski definition) is 9. The number of ether oxygens (including phenoxy) is 6. The molecule has 0 radical (unpaired) electrons. The van der Waals surface area contributed by atoms with Crippen LogP contribution in [0.3, 0.4) is 0 Å². The highest BCUT2D eigenvalue weighted by Crippen LogP contribution is 2.47. The molecule has 0 saturated heterocycles. The van der Waals surface area contributed by atoms with Gasteiger partial charge in [0, 0.05) is 34.1 Å². The third-order valence-corrected chi connectivity index (χ3v) is 11.9. The Morgan fingerprint density at radius 2 is 0.375 bits per heavy atom. The number of hydrogen-bond donors (Lipinski definition) is 0. The van der Waals surface area contributed by atoms with E-state index in [9.17, 15) is 0 Å². The number of nitrogens with zero attached hydrogens (tertiary/aromatic N) is 3. The van der Waals surface area contributed by atoms with Gasteiger partial charge in [-0.15, -0.1) is 0 Å². The van der Waals surface area contributed by atoms with Crippen LogP contribution in [0.2, 0.25) is 0 Å². The molecule has 0 unspecified atom stereocenters. The zero-order valence-electron chi connectivity index (χ0n) is 40.0. The molecule has 0 heterocycles. The molecule has 10 rings (SSSR count). The van der Waals surface area contributed by atoms with Gasteiger partial charge in [-0.2, -0.15) is 0 Å². The minimum Gasteiger partial charge on any atom is -0.497 e. The molecular formula is C63H51N3O6. The van der Waals surface area contributed by atoms with Crippen molar-refractivity contribution in [3.8, 4) is 51.7 Å². The van der Waals surface area contributed by atoms with Crippen LogP contribution >= 0.6 is 0 Å². The highest BCUT2D eigenvalue weighted by atomic mass is 16.5. The Hall–Kier alpha value is -9.60. The molecule has 0 N–H and O–H groups in total. The van der Waals surface area contributed by atoms with Gasteiger partial charge in [-0.25, -0.2) is 0 Å². The molecule has 354 valence electrons. The molecule has 9 nitrogen and oxygen atoms in total. The van der Waals surface area contributed by atoms with Crippen LogP contribution in [0.25, 0.3) is 0 Å². The van der Waals surface area contributed by atoms with Gasteiger partial charge in [0.05, 0.1) is 38.4 Å². The fraction of sp³-hybridized carbons (Fsp3) is 0.0476. The van der Waals surface area contributed by atoms with E-state index in [-0.39, 0.29) is 0 Å². The maximum atomic E-state index is 6.28. The molecule has 0 atom stereocenters. The second kappa shape index (κ2) is 21.8. The van der Waals surface area contributed by atoms with Crippen molar-refractivity contribution in [3.63, 3.8) is 0 Å². The van der Waals surface area contributed by atoms with E-state index in [1.54, 1.807) is 21.3 Å². The molecular weight excluding hydrogens is 895 g/mol. The lowest BCUT2D eigenvalue weighted by molar-refractivity contribution is 0.414. The SMILES string of the molecule is COc1ccc(N(c2ccc(Oc3ccccc3)cc2)c2cc(N(c3ccc(OC)cc3)c3ccc(Oc4ccccc4)cc3)cc(N(c3ccc(OC)cc3)c3ccc(Oc4ccccc4)cc3)c2)cc1. The Bertz CT molecular complexity index is 2920. The molecule has 0 bridgehead atoms. The van der Waals surface area contributed by atoms with E-state index in [4.69, 9.17) is 28.4 Å². The lowest BCUT2D eigenvalue weighted by atomic mass is 10.1. The summed E-state index contributed by atoms with van der Waals surface area (Å²) in [6, 6.07) is 84.7. The normalized spacial score (nSPS) is 10.7. The van der Waals surface area contributed by atoms with Crippen LogP contribution in [0.5, 0.6) is 51.7 Å². The Kier molecular flexibility index (Phi) is 14.0. The smallest absolute Gasteiger partial charge is 0.127 e. The molecule has 0 aliphatic heterocycles. The summed E-state index contributed by atoms with van der Waals surface area (Å²) in [6.45, 7) is 0. The number of anilines is 9. The van der Waals surface area contributed by atoms with E-state index in [0.29, 0.717) is 17.2 Å². The van der Waals surface area contributed by atoms with E-state index in [1.165, 1.54) is 0 Å². The molecule has 0 spiro atoms. The number of methoxy groups -OCH3 is 3. The first-order chi connectivity index (χ1) is 35.5. The number of benzene rings is 10. The van der Waals surface area contributed by atoms with E-state index in [2.05, 4.69) is 106 Å². The second-order valence-corrected chi connectivity index (χ2v) is 16.5. The molecule has 72 heavy (non-hydrogen) atoms. The van der Waals surface area contributed by atoms with Gasteiger partial charge in [0.15, 0.2) is 0 Å². The van der Waals surface area contributed by atoms with Crippen molar-refractivity contribution >= 4 is 51.2 Å². The van der Waals surface area contributed by atoms with Gasteiger partial charge in [0.1, 0.15) is 51.7 Å².